The molecule has 1 amide bonds. The average Bonchev–Trinajstić information content (AvgIpc) is 2.27. The molecule has 100 valence electrons. The molecule has 3 nitrogen and oxygen atoms in total. The lowest BCUT2D eigenvalue weighted by Crippen LogP contribution is -2.48. The molecule has 0 aliphatic carbocycles. The summed E-state index contributed by atoms with van der Waals surface area (Å²) in [6, 6.07) is 9.71. The van der Waals surface area contributed by atoms with Crippen molar-refractivity contribution in [1.82, 2.24) is 0 Å². The highest BCUT2D eigenvalue weighted by Gasteiger charge is 2.32. The minimum Gasteiger partial charge on any atom is -0.371 e. The third-order valence-corrected chi connectivity index (χ3v) is 3.11. The van der Waals surface area contributed by atoms with E-state index >= 15 is 0 Å². The predicted octanol–water partition coefficient (Wildman–Crippen LogP) is 3.17. The van der Waals surface area contributed by atoms with E-state index in [9.17, 15) is 4.79 Å². The van der Waals surface area contributed by atoms with Crippen molar-refractivity contribution in [1.29, 1.82) is 0 Å². The Morgan fingerprint density at radius 1 is 1.11 bits per heavy atom. The molecule has 0 aromatic heterocycles. The van der Waals surface area contributed by atoms with Crippen LogP contribution in [0.1, 0.15) is 40.5 Å². The van der Waals surface area contributed by atoms with Crippen molar-refractivity contribution in [2.45, 2.75) is 46.1 Å². The molecule has 1 unspecified atom stereocenters. The van der Waals surface area contributed by atoms with Crippen molar-refractivity contribution in [2.75, 3.05) is 5.32 Å². The van der Waals surface area contributed by atoms with E-state index in [1.54, 1.807) is 0 Å². The topological polar surface area (TPSA) is 55.1 Å². The van der Waals surface area contributed by atoms with E-state index in [0.717, 1.165) is 18.5 Å². The van der Waals surface area contributed by atoms with Crippen LogP contribution in [0.5, 0.6) is 0 Å². The Morgan fingerprint density at radius 2 is 1.67 bits per heavy atom. The summed E-state index contributed by atoms with van der Waals surface area (Å²) in [5, 5.41) is 3.25. The van der Waals surface area contributed by atoms with Crippen LogP contribution in [0, 0.1) is 5.41 Å². The zero-order valence-corrected chi connectivity index (χ0v) is 11.8. The summed E-state index contributed by atoms with van der Waals surface area (Å²) >= 11 is 0. The van der Waals surface area contributed by atoms with Crippen molar-refractivity contribution >= 4 is 11.6 Å². The van der Waals surface area contributed by atoms with Crippen LogP contribution in [0.25, 0.3) is 0 Å². The lowest BCUT2D eigenvalue weighted by atomic mass is 9.83. The van der Waals surface area contributed by atoms with Crippen LogP contribution in [0.4, 0.5) is 5.69 Å². The van der Waals surface area contributed by atoms with E-state index in [4.69, 9.17) is 5.73 Å². The first-order chi connectivity index (χ1) is 8.23. The molecule has 0 aliphatic heterocycles. The van der Waals surface area contributed by atoms with Gasteiger partial charge in [0.05, 0.1) is 0 Å². The van der Waals surface area contributed by atoms with Gasteiger partial charge in [-0.25, -0.2) is 0 Å². The highest BCUT2D eigenvalue weighted by molar-refractivity contribution is 5.87. The van der Waals surface area contributed by atoms with Crippen molar-refractivity contribution in [2.24, 2.45) is 11.1 Å². The molecule has 3 N–H and O–H groups in total. The first kappa shape index (κ1) is 14.6. The largest absolute Gasteiger partial charge is 0.371 e. The summed E-state index contributed by atoms with van der Waals surface area (Å²) in [5.74, 6) is -0.310. The van der Waals surface area contributed by atoms with E-state index < -0.39 is 5.54 Å². The number of amides is 1. The molecule has 1 aromatic rings. The molecule has 0 bridgehead atoms. The molecular formula is C15H24N2O. The Kier molecular flexibility index (Phi) is 4.38. The van der Waals surface area contributed by atoms with Gasteiger partial charge in [-0.1, -0.05) is 39.0 Å². The molecule has 0 saturated heterocycles. The lowest BCUT2D eigenvalue weighted by Gasteiger charge is -2.31. The Balaban J connectivity index is 2.78. The number of nitrogens with one attached hydrogen (secondary N) is 1. The Bertz CT molecular complexity index is 395. The van der Waals surface area contributed by atoms with Gasteiger partial charge >= 0.3 is 0 Å². The summed E-state index contributed by atoms with van der Waals surface area (Å²) in [7, 11) is 0. The van der Waals surface area contributed by atoms with E-state index in [2.05, 4.69) is 26.1 Å². The molecule has 0 radical (unpaired) electrons. The van der Waals surface area contributed by atoms with Crippen LogP contribution in [-0.4, -0.2) is 11.4 Å². The third kappa shape index (κ3) is 4.40. The van der Waals surface area contributed by atoms with Gasteiger partial charge in [0.25, 0.3) is 0 Å². The predicted molar refractivity (Wildman–Crippen MR) is 76.4 cm³/mol. The Labute approximate surface area is 110 Å². The van der Waals surface area contributed by atoms with Gasteiger partial charge in [0.2, 0.25) is 5.91 Å². The maximum absolute atomic E-state index is 11.7. The van der Waals surface area contributed by atoms with Gasteiger partial charge in [0, 0.05) is 5.69 Å². The number of hydrogen-bond donors (Lipinski definition) is 2. The number of carbonyl (C=O) groups is 1. The van der Waals surface area contributed by atoms with Gasteiger partial charge in [-0.15, -0.1) is 0 Å². The second-order valence-corrected chi connectivity index (χ2v) is 6.25. The second-order valence-electron chi connectivity index (χ2n) is 6.25. The highest BCUT2D eigenvalue weighted by atomic mass is 16.1. The van der Waals surface area contributed by atoms with Crippen molar-refractivity contribution < 1.29 is 4.79 Å². The summed E-state index contributed by atoms with van der Waals surface area (Å²) in [4.78, 5) is 11.7. The Morgan fingerprint density at radius 3 is 2.11 bits per heavy atom. The van der Waals surface area contributed by atoms with Gasteiger partial charge in [-0.2, -0.15) is 0 Å². The molecule has 0 heterocycles. The molecular weight excluding hydrogens is 224 g/mol. The molecule has 18 heavy (non-hydrogen) atoms. The number of carbonyl (C=O) groups excluding carboxylic acids is 1. The molecule has 0 spiro atoms. The van der Waals surface area contributed by atoms with Crippen LogP contribution in [0.3, 0.4) is 0 Å². The number of anilines is 1. The van der Waals surface area contributed by atoms with Crippen LogP contribution >= 0.6 is 0 Å². The molecule has 0 fully saturated rings. The number of para-hydroxylation sites is 1. The van der Waals surface area contributed by atoms with Gasteiger partial charge in [-0.3, -0.25) is 4.79 Å². The van der Waals surface area contributed by atoms with Crippen LogP contribution in [0.2, 0.25) is 0 Å². The van der Waals surface area contributed by atoms with Crippen molar-refractivity contribution in [3.63, 3.8) is 0 Å². The van der Waals surface area contributed by atoms with Gasteiger partial charge in [-0.05, 0) is 37.3 Å². The van der Waals surface area contributed by atoms with Gasteiger partial charge in [0.1, 0.15) is 5.54 Å². The first-order valence-electron chi connectivity index (χ1n) is 6.36. The molecule has 1 atom stereocenters. The zero-order chi connectivity index (χ0) is 13.8. The molecule has 1 rings (SSSR count). The average molecular weight is 248 g/mol. The number of benzene rings is 1. The second kappa shape index (κ2) is 5.42. The van der Waals surface area contributed by atoms with Crippen LogP contribution in [-0.2, 0) is 4.79 Å². The fourth-order valence-electron chi connectivity index (χ4n) is 1.71. The first-order valence-corrected chi connectivity index (χ1v) is 6.36. The molecule has 0 saturated carbocycles. The minimum atomic E-state index is -0.700. The molecule has 1 aromatic carbocycles. The summed E-state index contributed by atoms with van der Waals surface area (Å²) < 4.78 is 0. The monoisotopic (exact) mass is 248 g/mol. The van der Waals surface area contributed by atoms with Gasteiger partial charge < -0.3 is 11.1 Å². The standard InChI is InChI=1S/C15H24N2O/c1-14(2,3)10-11-15(4,13(16)18)17-12-8-6-5-7-9-12/h5-9,17H,10-11H2,1-4H3,(H2,16,18). The van der Waals surface area contributed by atoms with E-state index in [-0.39, 0.29) is 11.3 Å². The van der Waals surface area contributed by atoms with E-state index in [1.165, 1.54) is 0 Å². The summed E-state index contributed by atoms with van der Waals surface area (Å²) in [6.45, 7) is 8.36. The Hall–Kier alpha value is -1.51. The number of primary amides is 1. The zero-order valence-electron chi connectivity index (χ0n) is 11.8. The maximum Gasteiger partial charge on any atom is 0.242 e. The normalized spacial score (nSPS) is 14.9. The fraction of sp³-hybridized carbons (Fsp3) is 0.533. The van der Waals surface area contributed by atoms with Gasteiger partial charge in [0.15, 0.2) is 0 Å². The number of rotatable bonds is 5. The van der Waals surface area contributed by atoms with Crippen LogP contribution in [0.15, 0.2) is 30.3 Å². The third-order valence-electron chi connectivity index (χ3n) is 3.11. The van der Waals surface area contributed by atoms with Crippen LogP contribution < -0.4 is 11.1 Å². The van der Waals surface area contributed by atoms with Crippen molar-refractivity contribution in [3.8, 4) is 0 Å². The van der Waals surface area contributed by atoms with E-state index in [0.29, 0.717) is 0 Å². The SMILES string of the molecule is CC(C)(C)CCC(C)(Nc1ccccc1)C(N)=O. The summed E-state index contributed by atoms with van der Waals surface area (Å²) in [5.41, 5.74) is 5.96. The number of nitrogens with two attached hydrogens (primary N) is 1. The minimum absolute atomic E-state index is 0.190. The lowest BCUT2D eigenvalue weighted by molar-refractivity contribution is -0.122. The maximum atomic E-state index is 11.7. The summed E-state index contributed by atoms with van der Waals surface area (Å²) in [6.07, 6.45) is 1.66. The molecule has 3 heteroatoms. The quantitative estimate of drug-likeness (QED) is 0.841. The smallest absolute Gasteiger partial charge is 0.242 e. The fourth-order valence-corrected chi connectivity index (χ4v) is 1.71. The van der Waals surface area contributed by atoms with E-state index in [1.807, 2.05) is 37.3 Å². The number of hydrogen-bond acceptors (Lipinski definition) is 2. The highest BCUT2D eigenvalue weighted by Crippen LogP contribution is 2.27. The molecule has 0 aliphatic rings. The van der Waals surface area contributed by atoms with Crippen molar-refractivity contribution in [3.05, 3.63) is 30.3 Å².